The van der Waals surface area contributed by atoms with Crippen LogP contribution in [0.25, 0.3) is 0 Å². The number of halogens is 2. The molecule has 0 aliphatic carbocycles. The summed E-state index contributed by atoms with van der Waals surface area (Å²) in [6.45, 7) is 1.80. The number of sulfonamides is 1. The van der Waals surface area contributed by atoms with Crippen molar-refractivity contribution in [3.05, 3.63) is 57.6 Å². The molecule has 0 atom stereocenters. The Hall–Kier alpha value is -2.09. The second-order valence-electron chi connectivity index (χ2n) is 5.80. The fourth-order valence-corrected chi connectivity index (χ4v) is 4.57. The van der Waals surface area contributed by atoms with Gasteiger partial charge in [0.1, 0.15) is 0 Å². The van der Waals surface area contributed by atoms with Crippen LogP contribution < -0.4 is 9.62 Å². The van der Waals surface area contributed by atoms with Crippen LogP contribution >= 0.6 is 23.2 Å². The Balaban J connectivity index is 1.94. The molecule has 3 rings (SSSR count). The number of anilines is 2. The molecule has 1 fully saturated rings. The summed E-state index contributed by atoms with van der Waals surface area (Å²) in [4.78, 5) is 24.5. The van der Waals surface area contributed by atoms with Crippen LogP contribution in [0.3, 0.4) is 0 Å². The number of carbonyl (C=O) groups excluding carboxylic acids is 2. The minimum atomic E-state index is -3.77. The molecular formula is C17H14Cl2N2O4S. The summed E-state index contributed by atoms with van der Waals surface area (Å²) < 4.78 is 24.9. The van der Waals surface area contributed by atoms with Crippen LogP contribution in [0.2, 0.25) is 10.0 Å². The summed E-state index contributed by atoms with van der Waals surface area (Å²) in [5, 5.41) is 3.35. The highest BCUT2D eigenvalue weighted by Gasteiger charge is 2.37. The second kappa shape index (κ2) is 6.90. The van der Waals surface area contributed by atoms with Gasteiger partial charge < -0.3 is 5.32 Å². The van der Waals surface area contributed by atoms with Crippen molar-refractivity contribution in [2.24, 2.45) is 0 Å². The monoisotopic (exact) mass is 412 g/mol. The van der Waals surface area contributed by atoms with Gasteiger partial charge in [-0.25, -0.2) is 12.7 Å². The average molecular weight is 413 g/mol. The fourth-order valence-electron chi connectivity index (χ4n) is 2.62. The van der Waals surface area contributed by atoms with Gasteiger partial charge >= 0.3 is 0 Å². The molecular weight excluding hydrogens is 399 g/mol. The van der Waals surface area contributed by atoms with Crippen molar-refractivity contribution in [3.8, 4) is 0 Å². The Bertz CT molecular complexity index is 1020. The van der Waals surface area contributed by atoms with Crippen molar-refractivity contribution in [2.45, 2.75) is 13.3 Å². The van der Waals surface area contributed by atoms with E-state index < -0.39 is 21.8 Å². The molecule has 0 saturated carbocycles. The van der Waals surface area contributed by atoms with Gasteiger partial charge in [0, 0.05) is 22.7 Å². The molecule has 2 aromatic rings. The summed E-state index contributed by atoms with van der Waals surface area (Å²) in [6, 6.07) is 9.17. The molecule has 1 aliphatic heterocycles. The molecule has 2 aromatic carbocycles. The van der Waals surface area contributed by atoms with Crippen molar-refractivity contribution >= 4 is 56.4 Å². The molecule has 1 heterocycles. The van der Waals surface area contributed by atoms with Crippen molar-refractivity contribution in [2.75, 3.05) is 15.4 Å². The molecule has 2 amide bonds. The van der Waals surface area contributed by atoms with Crippen molar-refractivity contribution in [1.82, 2.24) is 0 Å². The Morgan fingerprint density at radius 3 is 2.50 bits per heavy atom. The lowest BCUT2D eigenvalue weighted by Crippen LogP contribution is -2.30. The molecule has 1 N–H and O–H groups in total. The topological polar surface area (TPSA) is 83.6 Å². The fraction of sp³-hybridized carbons (Fsp3) is 0.176. The van der Waals surface area contributed by atoms with Gasteiger partial charge in [-0.15, -0.1) is 0 Å². The van der Waals surface area contributed by atoms with E-state index in [1.807, 2.05) is 0 Å². The number of aryl methyl sites for hydroxylation is 1. The molecule has 1 aliphatic rings. The molecule has 0 radical (unpaired) electrons. The first-order valence-corrected chi connectivity index (χ1v) is 9.98. The number of amides is 2. The first-order chi connectivity index (χ1) is 12.2. The summed E-state index contributed by atoms with van der Waals surface area (Å²) >= 11 is 12.0. The second-order valence-corrected chi connectivity index (χ2v) is 8.58. The normalized spacial score (nSPS) is 16.0. The minimum Gasteiger partial charge on any atom is -0.322 e. The molecule has 0 bridgehead atoms. The zero-order valence-electron chi connectivity index (χ0n) is 13.6. The lowest BCUT2D eigenvalue weighted by molar-refractivity contribution is -0.116. The van der Waals surface area contributed by atoms with E-state index in [4.69, 9.17) is 23.2 Å². The van der Waals surface area contributed by atoms with Gasteiger partial charge in [0.15, 0.2) is 0 Å². The summed E-state index contributed by atoms with van der Waals surface area (Å²) in [6.07, 6.45) is -0.112. The highest BCUT2D eigenvalue weighted by molar-refractivity contribution is 7.94. The maximum atomic E-state index is 12.5. The Labute approximate surface area is 160 Å². The van der Waals surface area contributed by atoms with Gasteiger partial charge in [0.2, 0.25) is 15.9 Å². The van der Waals surface area contributed by atoms with Gasteiger partial charge in [0.25, 0.3) is 5.91 Å². The largest absolute Gasteiger partial charge is 0.322 e. The van der Waals surface area contributed by atoms with Gasteiger partial charge in [-0.2, -0.15) is 0 Å². The summed E-state index contributed by atoms with van der Waals surface area (Å²) in [7, 11) is -3.77. The Kier molecular flexibility index (Phi) is 4.96. The first-order valence-electron chi connectivity index (χ1n) is 7.62. The van der Waals surface area contributed by atoms with Crippen LogP contribution in [0.1, 0.15) is 22.3 Å². The number of carbonyl (C=O) groups is 2. The number of benzene rings is 2. The van der Waals surface area contributed by atoms with E-state index in [9.17, 15) is 18.0 Å². The third-order valence-electron chi connectivity index (χ3n) is 3.94. The average Bonchev–Trinajstić information content (AvgIpc) is 2.84. The molecule has 0 unspecified atom stereocenters. The Morgan fingerprint density at radius 2 is 1.88 bits per heavy atom. The van der Waals surface area contributed by atoms with Crippen LogP contribution in [0, 0.1) is 6.92 Å². The number of nitrogens with one attached hydrogen (secondary N) is 1. The van der Waals surface area contributed by atoms with Crippen molar-refractivity contribution in [3.63, 3.8) is 0 Å². The first kappa shape index (κ1) is 18.7. The lowest BCUT2D eigenvalue weighted by Gasteiger charge is -2.17. The Morgan fingerprint density at radius 1 is 1.15 bits per heavy atom. The van der Waals surface area contributed by atoms with E-state index in [2.05, 4.69) is 5.32 Å². The van der Waals surface area contributed by atoms with Crippen LogP contribution in [0.15, 0.2) is 36.4 Å². The quantitative estimate of drug-likeness (QED) is 0.833. The van der Waals surface area contributed by atoms with E-state index in [1.165, 1.54) is 18.2 Å². The third-order valence-corrected chi connectivity index (χ3v) is 6.17. The van der Waals surface area contributed by atoms with E-state index in [1.54, 1.807) is 25.1 Å². The lowest BCUT2D eigenvalue weighted by atomic mass is 10.1. The molecule has 1 saturated heterocycles. The number of nitrogens with zero attached hydrogens (tertiary/aromatic N) is 1. The third kappa shape index (κ3) is 3.56. The molecule has 6 nitrogen and oxygen atoms in total. The molecule has 26 heavy (non-hydrogen) atoms. The van der Waals surface area contributed by atoms with Crippen LogP contribution in [0.4, 0.5) is 11.4 Å². The smallest absolute Gasteiger partial charge is 0.255 e. The van der Waals surface area contributed by atoms with Gasteiger partial charge in [0.05, 0.1) is 16.5 Å². The van der Waals surface area contributed by atoms with E-state index >= 15 is 0 Å². The van der Waals surface area contributed by atoms with Crippen LogP contribution in [-0.4, -0.2) is 26.0 Å². The van der Waals surface area contributed by atoms with Gasteiger partial charge in [-0.05, 0) is 48.9 Å². The predicted octanol–water partition coefficient (Wildman–Crippen LogP) is 3.62. The zero-order chi connectivity index (χ0) is 19.1. The minimum absolute atomic E-state index is 0.0188. The van der Waals surface area contributed by atoms with Crippen molar-refractivity contribution < 1.29 is 18.0 Å². The predicted molar refractivity (Wildman–Crippen MR) is 101 cm³/mol. The molecule has 0 aromatic heterocycles. The molecule has 0 spiro atoms. The maximum absolute atomic E-state index is 12.5. The van der Waals surface area contributed by atoms with E-state index in [0.717, 1.165) is 5.56 Å². The van der Waals surface area contributed by atoms with Crippen molar-refractivity contribution in [1.29, 1.82) is 0 Å². The summed E-state index contributed by atoms with van der Waals surface area (Å²) in [5.41, 5.74) is 1.50. The molecule has 136 valence electrons. The number of hydrogen-bond acceptors (Lipinski definition) is 4. The highest BCUT2D eigenvalue weighted by atomic mass is 35.5. The van der Waals surface area contributed by atoms with Gasteiger partial charge in [-0.3, -0.25) is 9.59 Å². The SMILES string of the molecule is Cc1cc(Cl)ccc1NC(=O)c1ccc(Cl)c(N2C(=O)CCS2(=O)=O)c1. The van der Waals surface area contributed by atoms with E-state index in [0.29, 0.717) is 15.0 Å². The van der Waals surface area contributed by atoms with Crippen LogP contribution in [0.5, 0.6) is 0 Å². The highest BCUT2D eigenvalue weighted by Crippen LogP contribution is 2.33. The number of hydrogen-bond donors (Lipinski definition) is 1. The van der Waals surface area contributed by atoms with Gasteiger partial charge in [-0.1, -0.05) is 23.2 Å². The zero-order valence-corrected chi connectivity index (χ0v) is 16.0. The maximum Gasteiger partial charge on any atom is 0.255 e. The van der Waals surface area contributed by atoms with Crippen LogP contribution in [-0.2, 0) is 14.8 Å². The summed E-state index contributed by atoms with van der Waals surface area (Å²) in [5.74, 6) is -1.31. The number of rotatable bonds is 3. The van der Waals surface area contributed by atoms with E-state index in [-0.39, 0.29) is 28.4 Å². The molecule has 9 heteroatoms. The standard InChI is InChI=1S/C17H14Cl2N2O4S/c1-10-8-12(18)3-5-14(10)20-17(23)11-2-4-13(19)15(9-11)21-16(22)6-7-26(21,24)25/h2-5,8-9H,6-7H2,1H3,(H,20,23).